The molecule has 1 aromatic carbocycles. The SMILES string of the molecule is COc1ccc(F)cc1C(Cn1c(=O)n(C(C)(C)C(=O)NC(C)C)c(=O)c2c(C)c(-n3cccn3)sc21)OC1CCOCC1. The summed E-state index contributed by atoms with van der Waals surface area (Å²) >= 11 is 1.24. The van der Waals surface area contributed by atoms with Crippen molar-refractivity contribution in [2.24, 2.45) is 0 Å². The molecule has 1 saturated heterocycles. The number of nitrogens with zero attached hydrogens (tertiary/aromatic N) is 4. The number of hydrogen-bond acceptors (Lipinski definition) is 8. The van der Waals surface area contributed by atoms with E-state index in [1.165, 1.54) is 41.2 Å². The fourth-order valence-electron chi connectivity index (χ4n) is 5.52. The van der Waals surface area contributed by atoms with E-state index in [-0.39, 0.29) is 18.7 Å². The van der Waals surface area contributed by atoms with Crippen LogP contribution in [-0.2, 0) is 26.4 Å². The minimum atomic E-state index is -1.54. The molecule has 3 aromatic heterocycles. The second kappa shape index (κ2) is 12.7. The van der Waals surface area contributed by atoms with Crippen LogP contribution in [-0.4, -0.2) is 57.3 Å². The lowest BCUT2D eigenvalue weighted by molar-refractivity contribution is -0.129. The standard InChI is InChI=1S/C31H38FN5O6S/c1-18(2)34-29(39)31(4,5)37-26(38)25-19(3)27(36-13-7-12-33-36)44-28(25)35(30(37)40)17-24(43-21-10-14-42-15-11-21)22-16-20(32)8-9-23(22)41-6/h7-9,12-13,16,18,21,24H,10-11,14-15,17H2,1-6H3,(H,34,39). The van der Waals surface area contributed by atoms with E-state index in [0.29, 0.717) is 58.1 Å². The number of thiophene rings is 1. The molecule has 5 rings (SSSR count). The van der Waals surface area contributed by atoms with Crippen molar-refractivity contribution in [3.8, 4) is 10.8 Å². The lowest BCUT2D eigenvalue weighted by Crippen LogP contribution is -2.56. The number of amides is 1. The molecule has 4 heterocycles. The van der Waals surface area contributed by atoms with Gasteiger partial charge in [-0.2, -0.15) is 5.10 Å². The van der Waals surface area contributed by atoms with Crippen molar-refractivity contribution in [3.05, 3.63) is 74.4 Å². The summed E-state index contributed by atoms with van der Waals surface area (Å²) < 4.78 is 36.5. The highest BCUT2D eigenvalue weighted by Gasteiger charge is 2.36. The Balaban J connectivity index is 1.77. The van der Waals surface area contributed by atoms with Crippen LogP contribution in [0.4, 0.5) is 4.39 Å². The number of methoxy groups -OCH3 is 1. The Morgan fingerprint density at radius 1 is 1.25 bits per heavy atom. The average molecular weight is 628 g/mol. The van der Waals surface area contributed by atoms with E-state index in [1.807, 2.05) is 13.8 Å². The molecule has 44 heavy (non-hydrogen) atoms. The Bertz CT molecular complexity index is 1770. The minimum absolute atomic E-state index is 0.0762. The number of fused-ring (bicyclic) bond motifs is 1. The highest BCUT2D eigenvalue weighted by molar-refractivity contribution is 7.21. The number of nitrogens with one attached hydrogen (secondary N) is 1. The van der Waals surface area contributed by atoms with Gasteiger partial charge in [-0.25, -0.2) is 18.4 Å². The summed E-state index contributed by atoms with van der Waals surface area (Å²) in [5, 5.41) is 8.13. The Labute approximate surface area is 258 Å². The molecule has 0 spiro atoms. The number of carbonyl (C=O) groups is 1. The monoisotopic (exact) mass is 627 g/mol. The van der Waals surface area contributed by atoms with Gasteiger partial charge in [0.2, 0.25) is 5.91 Å². The zero-order chi connectivity index (χ0) is 31.8. The van der Waals surface area contributed by atoms with Gasteiger partial charge in [0, 0.05) is 42.8 Å². The number of ether oxygens (including phenoxy) is 3. The van der Waals surface area contributed by atoms with Gasteiger partial charge in [0.15, 0.2) is 0 Å². The fourth-order valence-corrected chi connectivity index (χ4v) is 6.76. The zero-order valence-corrected chi connectivity index (χ0v) is 26.6. The van der Waals surface area contributed by atoms with Gasteiger partial charge in [-0.05, 0) is 71.7 Å². The number of aryl methyl sites for hydroxylation is 1. The highest BCUT2D eigenvalue weighted by atomic mass is 32.1. The maximum Gasteiger partial charge on any atom is 0.333 e. The van der Waals surface area contributed by atoms with Crippen LogP contribution in [0.2, 0.25) is 0 Å². The molecule has 0 radical (unpaired) electrons. The third-order valence-electron chi connectivity index (χ3n) is 7.85. The molecule has 1 aliphatic heterocycles. The van der Waals surface area contributed by atoms with Gasteiger partial charge in [-0.3, -0.25) is 14.2 Å². The quantitative estimate of drug-likeness (QED) is 0.282. The Morgan fingerprint density at radius 2 is 1.98 bits per heavy atom. The molecule has 236 valence electrons. The van der Waals surface area contributed by atoms with Crippen molar-refractivity contribution in [1.29, 1.82) is 0 Å². The fraction of sp³-hybridized carbons (Fsp3) is 0.484. The predicted molar refractivity (Wildman–Crippen MR) is 165 cm³/mol. The van der Waals surface area contributed by atoms with Gasteiger partial charge in [0.25, 0.3) is 5.56 Å². The summed E-state index contributed by atoms with van der Waals surface area (Å²) in [6, 6.07) is 5.72. The molecule has 0 saturated carbocycles. The van der Waals surface area contributed by atoms with Crippen molar-refractivity contribution < 1.29 is 23.4 Å². The van der Waals surface area contributed by atoms with Crippen LogP contribution in [0, 0.1) is 12.7 Å². The van der Waals surface area contributed by atoms with E-state index in [1.54, 1.807) is 43.9 Å². The summed E-state index contributed by atoms with van der Waals surface area (Å²) in [6.07, 6.45) is 3.59. The average Bonchev–Trinajstić information content (AvgIpc) is 3.63. The summed E-state index contributed by atoms with van der Waals surface area (Å²) in [5.74, 6) is -0.555. The van der Waals surface area contributed by atoms with Crippen LogP contribution in [0.5, 0.6) is 5.75 Å². The molecular formula is C31H38FN5O6S. The molecule has 1 amide bonds. The topological polar surface area (TPSA) is 119 Å². The first-order chi connectivity index (χ1) is 20.9. The van der Waals surface area contributed by atoms with Crippen molar-refractivity contribution in [3.63, 3.8) is 0 Å². The van der Waals surface area contributed by atoms with Crippen molar-refractivity contribution in [2.45, 2.75) is 77.8 Å². The van der Waals surface area contributed by atoms with Crippen molar-refractivity contribution >= 4 is 27.5 Å². The summed E-state index contributed by atoms with van der Waals surface area (Å²) in [4.78, 5) is 42.5. The van der Waals surface area contributed by atoms with E-state index in [9.17, 15) is 18.8 Å². The lowest BCUT2D eigenvalue weighted by atomic mass is 10.0. The first-order valence-corrected chi connectivity index (χ1v) is 15.4. The van der Waals surface area contributed by atoms with Crippen LogP contribution in [0.1, 0.15) is 57.8 Å². The molecule has 0 bridgehead atoms. The maximum atomic E-state index is 14.7. The first kappa shape index (κ1) is 31.6. The summed E-state index contributed by atoms with van der Waals surface area (Å²) in [7, 11) is 1.49. The number of hydrogen-bond donors (Lipinski definition) is 1. The van der Waals surface area contributed by atoms with Gasteiger partial charge in [-0.1, -0.05) is 11.3 Å². The molecule has 0 aliphatic carbocycles. The lowest BCUT2D eigenvalue weighted by Gasteiger charge is -2.31. The largest absolute Gasteiger partial charge is 0.496 e. The van der Waals surface area contributed by atoms with Crippen LogP contribution >= 0.6 is 11.3 Å². The molecule has 11 nitrogen and oxygen atoms in total. The second-order valence-corrected chi connectivity index (χ2v) is 12.7. The Morgan fingerprint density at radius 3 is 2.61 bits per heavy atom. The molecule has 1 aliphatic rings. The molecule has 13 heteroatoms. The van der Waals surface area contributed by atoms with E-state index in [2.05, 4.69) is 10.4 Å². The van der Waals surface area contributed by atoms with E-state index >= 15 is 0 Å². The molecule has 4 aromatic rings. The summed E-state index contributed by atoms with van der Waals surface area (Å²) in [5.41, 5.74) is -1.76. The first-order valence-electron chi connectivity index (χ1n) is 14.6. The molecule has 1 atom stereocenters. The van der Waals surface area contributed by atoms with Gasteiger partial charge < -0.3 is 19.5 Å². The van der Waals surface area contributed by atoms with Crippen LogP contribution in [0.3, 0.4) is 0 Å². The maximum absolute atomic E-state index is 14.7. The van der Waals surface area contributed by atoms with Crippen LogP contribution in [0.15, 0.2) is 46.2 Å². The number of rotatable bonds is 10. The molecule has 1 fully saturated rings. The van der Waals surface area contributed by atoms with E-state index < -0.39 is 34.6 Å². The van der Waals surface area contributed by atoms with Crippen LogP contribution < -0.4 is 21.3 Å². The van der Waals surface area contributed by atoms with E-state index in [4.69, 9.17) is 14.2 Å². The number of aromatic nitrogens is 4. The number of benzene rings is 1. The third-order valence-corrected chi connectivity index (χ3v) is 9.15. The van der Waals surface area contributed by atoms with Gasteiger partial charge in [0.05, 0.1) is 25.1 Å². The Hall–Kier alpha value is -3.81. The van der Waals surface area contributed by atoms with Crippen molar-refractivity contribution in [2.75, 3.05) is 20.3 Å². The van der Waals surface area contributed by atoms with Crippen LogP contribution in [0.25, 0.3) is 15.2 Å². The van der Waals surface area contributed by atoms with Crippen molar-refractivity contribution in [1.82, 2.24) is 24.2 Å². The van der Waals surface area contributed by atoms with Gasteiger partial charge >= 0.3 is 5.69 Å². The molecule has 1 unspecified atom stereocenters. The predicted octanol–water partition coefficient (Wildman–Crippen LogP) is 4.06. The summed E-state index contributed by atoms with van der Waals surface area (Å²) in [6.45, 7) is 9.46. The number of carbonyl (C=O) groups excluding carboxylic acids is 1. The van der Waals surface area contributed by atoms with Gasteiger partial charge in [-0.15, -0.1) is 0 Å². The van der Waals surface area contributed by atoms with E-state index in [0.717, 1.165) is 4.57 Å². The minimum Gasteiger partial charge on any atom is -0.496 e. The zero-order valence-electron chi connectivity index (χ0n) is 25.8. The Kier molecular flexibility index (Phi) is 9.10. The second-order valence-electron chi connectivity index (χ2n) is 11.7. The number of halogens is 1. The highest BCUT2D eigenvalue weighted by Crippen LogP contribution is 2.35. The molecule has 1 N–H and O–H groups in total. The normalized spacial score (nSPS) is 15.2. The third kappa shape index (κ3) is 5.95. The van der Waals surface area contributed by atoms with Gasteiger partial charge in [0.1, 0.15) is 33.0 Å². The molecular weight excluding hydrogens is 589 g/mol. The smallest absolute Gasteiger partial charge is 0.333 e.